The second-order valence-corrected chi connectivity index (χ2v) is 6.12. The molecular formula is C7H12N2O3S2. The van der Waals surface area contributed by atoms with Crippen molar-refractivity contribution in [1.82, 2.24) is 8.87 Å². The van der Waals surface area contributed by atoms with Crippen molar-refractivity contribution in [2.45, 2.75) is 6.54 Å². The lowest BCUT2D eigenvalue weighted by Crippen LogP contribution is -2.28. The van der Waals surface area contributed by atoms with E-state index < -0.39 is 10.0 Å². The molecule has 0 aliphatic heterocycles. The van der Waals surface area contributed by atoms with E-state index in [2.05, 4.69) is 0 Å². The maximum Gasteiger partial charge on any atom is 0.307 e. The van der Waals surface area contributed by atoms with Crippen molar-refractivity contribution in [1.29, 1.82) is 0 Å². The van der Waals surface area contributed by atoms with Crippen LogP contribution in [0.15, 0.2) is 16.4 Å². The Bertz CT molecular complexity index is 444. The fourth-order valence-corrected chi connectivity index (χ4v) is 2.26. The molecule has 0 spiro atoms. The van der Waals surface area contributed by atoms with Crippen LogP contribution in [0.4, 0.5) is 0 Å². The smallest absolute Gasteiger partial charge is 0.305 e. The molecule has 0 aliphatic rings. The van der Waals surface area contributed by atoms with Gasteiger partial charge in [-0.2, -0.15) is 0 Å². The average molecular weight is 236 g/mol. The highest BCUT2D eigenvalue weighted by Crippen LogP contribution is 1.96. The zero-order valence-corrected chi connectivity index (χ0v) is 9.64. The van der Waals surface area contributed by atoms with Crippen LogP contribution >= 0.6 is 11.3 Å². The summed E-state index contributed by atoms with van der Waals surface area (Å²) in [4.78, 5) is 11.0. The maximum atomic E-state index is 11.4. The summed E-state index contributed by atoms with van der Waals surface area (Å²) >= 11 is 1.06. The summed E-state index contributed by atoms with van der Waals surface area (Å²) in [6.07, 6.45) is 1.60. The van der Waals surface area contributed by atoms with Crippen LogP contribution in [0.5, 0.6) is 0 Å². The number of aromatic nitrogens is 1. The van der Waals surface area contributed by atoms with E-state index in [0.717, 1.165) is 15.6 Å². The number of sulfonamides is 1. The molecule has 1 aromatic rings. The van der Waals surface area contributed by atoms with Gasteiger partial charge in [-0.25, -0.2) is 12.7 Å². The van der Waals surface area contributed by atoms with Crippen LogP contribution < -0.4 is 4.87 Å². The van der Waals surface area contributed by atoms with Crippen molar-refractivity contribution in [3.63, 3.8) is 0 Å². The van der Waals surface area contributed by atoms with Gasteiger partial charge in [0.15, 0.2) is 0 Å². The lowest BCUT2D eigenvalue weighted by atomic mass is 10.7. The van der Waals surface area contributed by atoms with Gasteiger partial charge in [0.2, 0.25) is 10.0 Å². The van der Waals surface area contributed by atoms with Crippen LogP contribution in [0.25, 0.3) is 0 Å². The number of thiazole rings is 1. The predicted octanol–water partition coefficient (Wildman–Crippen LogP) is -0.199. The topological polar surface area (TPSA) is 59.4 Å². The fourth-order valence-electron chi connectivity index (χ4n) is 0.853. The quantitative estimate of drug-likeness (QED) is 0.727. The van der Waals surface area contributed by atoms with E-state index >= 15 is 0 Å². The van der Waals surface area contributed by atoms with E-state index in [0.29, 0.717) is 0 Å². The molecule has 0 unspecified atom stereocenters. The SMILES string of the molecule is CN(C)S(=O)(=O)CCn1ccsc1=O. The third-order valence-electron chi connectivity index (χ3n) is 1.79. The van der Waals surface area contributed by atoms with Gasteiger partial charge in [-0.3, -0.25) is 4.79 Å². The van der Waals surface area contributed by atoms with Gasteiger partial charge in [0.25, 0.3) is 0 Å². The normalized spacial score (nSPS) is 12.2. The summed E-state index contributed by atoms with van der Waals surface area (Å²) in [6.45, 7) is 0.211. The largest absolute Gasteiger partial charge is 0.307 e. The highest BCUT2D eigenvalue weighted by atomic mass is 32.2. The third-order valence-corrected chi connectivity index (χ3v) is 4.30. The van der Waals surface area contributed by atoms with Crippen LogP contribution in [0, 0.1) is 0 Å². The first-order valence-corrected chi connectivity index (χ1v) is 6.46. The molecule has 7 heteroatoms. The maximum absolute atomic E-state index is 11.4. The van der Waals surface area contributed by atoms with E-state index in [9.17, 15) is 13.2 Å². The highest BCUT2D eigenvalue weighted by Gasteiger charge is 2.13. The van der Waals surface area contributed by atoms with E-state index in [1.165, 1.54) is 18.7 Å². The molecule has 0 fully saturated rings. The number of aryl methyl sites for hydroxylation is 1. The Balaban J connectivity index is 2.67. The Kier molecular flexibility index (Phi) is 3.46. The minimum Gasteiger partial charge on any atom is -0.305 e. The first kappa shape index (κ1) is 11.4. The Morgan fingerprint density at radius 2 is 2.14 bits per heavy atom. The summed E-state index contributed by atoms with van der Waals surface area (Å²) in [5.41, 5.74) is 0. The van der Waals surface area contributed by atoms with Crippen molar-refractivity contribution in [2.75, 3.05) is 19.8 Å². The highest BCUT2D eigenvalue weighted by molar-refractivity contribution is 7.89. The zero-order chi connectivity index (χ0) is 10.8. The van der Waals surface area contributed by atoms with E-state index in [1.807, 2.05) is 0 Å². The predicted molar refractivity (Wildman–Crippen MR) is 56.1 cm³/mol. The van der Waals surface area contributed by atoms with Gasteiger partial charge in [-0.05, 0) is 0 Å². The van der Waals surface area contributed by atoms with Crippen molar-refractivity contribution in [3.8, 4) is 0 Å². The van der Waals surface area contributed by atoms with E-state index in [1.54, 1.807) is 11.6 Å². The summed E-state index contributed by atoms with van der Waals surface area (Å²) in [5, 5.41) is 1.64. The molecule has 0 amide bonds. The lowest BCUT2D eigenvalue weighted by molar-refractivity contribution is 0.515. The van der Waals surface area contributed by atoms with Crippen molar-refractivity contribution in [3.05, 3.63) is 21.2 Å². The molecule has 0 radical (unpaired) electrons. The molecule has 1 heterocycles. The van der Waals surface area contributed by atoms with E-state index in [-0.39, 0.29) is 17.2 Å². The molecule has 1 rings (SSSR count). The Labute approximate surface area is 86.6 Å². The molecule has 0 N–H and O–H groups in total. The summed E-state index contributed by atoms with van der Waals surface area (Å²) in [7, 11) is -0.257. The Morgan fingerprint density at radius 3 is 2.57 bits per heavy atom. The van der Waals surface area contributed by atoms with Gasteiger partial charge < -0.3 is 4.57 Å². The van der Waals surface area contributed by atoms with Crippen LogP contribution in [-0.4, -0.2) is 37.1 Å². The molecular weight excluding hydrogens is 224 g/mol. The average Bonchev–Trinajstić information content (AvgIpc) is 2.47. The molecule has 0 bridgehead atoms. The molecule has 14 heavy (non-hydrogen) atoms. The summed E-state index contributed by atoms with van der Waals surface area (Å²) in [5.74, 6) is -0.0450. The van der Waals surface area contributed by atoms with Gasteiger partial charge >= 0.3 is 4.87 Å². The van der Waals surface area contributed by atoms with Gasteiger partial charge in [-0.15, -0.1) is 0 Å². The van der Waals surface area contributed by atoms with E-state index in [4.69, 9.17) is 0 Å². The van der Waals surface area contributed by atoms with Crippen molar-refractivity contribution >= 4 is 21.4 Å². The Morgan fingerprint density at radius 1 is 1.50 bits per heavy atom. The number of hydrogen-bond acceptors (Lipinski definition) is 4. The lowest BCUT2D eigenvalue weighted by Gasteiger charge is -2.10. The number of nitrogens with zero attached hydrogens (tertiary/aromatic N) is 2. The van der Waals surface area contributed by atoms with Crippen LogP contribution in [-0.2, 0) is 16.6 Å². The van der Waals surface area contributed by atoms with Crippen LogP contribution in [0.2, 0.25) is 0 Å². The van der Waals surface area contributed by atoms with Gasteiger partial charge in [0.1, 0.15) is 0 Å². The van der Waals surface area contributed by atoms with Crippen LogP contribution in [0.1, 0.15) is 0 Å². The molecule has 80 valence electrons. The molecule has 1 aromatic heterocycles. The number of rotatable bonds is 4. The first-order valence-electron chi connectivity index (χ1n) is 3.97. The second-order valence-electron chi connectivity index (χ2n) is 2.96. The Hall–Kier alpha value is -0.660. The third kappa shape index (κ3) is 2.66. The first-order chi connectivity index (χ1) is 6.43. The monoisotopic (exact) mass is 236 g/mol. The molecule has 0 atom stereocenters. The van der Waals surface area contributed by atoms with Gasteiger partial charge in [-0.1, -0.05) is 11.3 Å². The van der Waals surface area contributed by atoms with Crippen molar-refractivity contribution < 1.29 is 8.42 Å². The van der Waals surface area contributed by atoms with Gasteiger partial charge in [0.05, 0.1) is 5.75 Å². The molecule has 0 aromatic carbocycles. The van der Waals surface area contributed by atoms with Crippen molar-refractivity contribution in [2.24, 2.45) is 0 Å². The second kappa shape index (κ2) is 4.24. The fraction of sp³-hybridized carbons (Fsp3) is 0.571. The van der Waals surface area contributed by atoms with Gasteiger partial charge in [0, 0.05) is 32.2 Å². The summed E-state index contributed by atoms with van der Waals surface area (Å²) < 4.78 is 25.3. The summed E-state index contributed by atoms with van der Waals surface area (Å²) in [6, 6.07) is 0. The molecule has 5 nitrogen and oxygen atoms in total. The zero-order valence-electron chi connectivity index (χ0n) is 8.00. The minimum atomic E-state index is -3.21. The minimum absolute atomic E-state index is 0.0450. The molecule has 0 aliphatic carbocycles. The standard InChI is InChI=1S/C7H12N2O3S2/c1-8(2)14(11,12)6-4-9-3-5-13-7(9)10/h3,5H,4,6H2,1-2H3. The molecule has 0 saturated heterocycles. The number of hydrogen-bond donors (Lipinski definition) is 0. The molecule has 0 saturated carbocycles. The van der Waals surface area contributed by atoms with Crippen LogP contribution in [0.3, 0.4) is 0 Å².